The third kappa shape index (κ3) is 7.11. The first kappa shape index (κ1) is 20.9. The van der Waals surface area contributed by atoms with Crippen LogP contribution in [0.3, 0.4) is 0 Å². The molecule has 0 saturated carbocycles. The zero-order valence-corrected chi connectivity index (χ0v) is 15.3. The van der Waals surface area contributed by atoms with Gasteiger partial charge in [-0.25, -0.2) is 0 Å². The van der Waals surface area contributed by atoms with Crippen molar-refractivity contribution in [3.63, 3.8) is 0 Å². The second-order valence-corrected chi connectivity index (χ2v) is 5.69. The summed E-state index contributed by atoms with van der Waals surface area (Å²) in [4.78, 5) is 23.8. The number of rotatable bonds is 9. The molecule has 0 aliphatic carbocycles. The fourth-order valence-electron chi connectivity index (χ4n) is 2.52. The van der Waals surface area contributed by atoms with Crippen molar-refractivity contribution in [1.29, 1.82) is 0 Å². The van der Waals surface area contributed by atoms with E-state index in [0.29, 0.717) is 6.54 Å². The Kier molecular flexibility index (Phi) is 9.58. The summed E-state index contributed by atoms with van der Waals surface area (Å²) < 4.78 is 0. The molecule has 0 aliphatic heterocycles. The molecule has 0 unspecified atom stereocenters. The van der Waals surface area contributed by atoms with Gasteiger partial charge in [0.1, 0.15) is 0 Å². The van der Waals surface area contributed by atoms with Crippen molar-refractivity contribution in [3.05, 3.63) is 48.0 Å². The van der Waals surface area contributed by atoms with Crippen molar-refractivity contribution >= 4 is 35.0 Å². The van der Waals surface area contributed by atoms with Gasteiger partial charge in [-0.2, -0.15) is 0 Å². The molecule has 0 bridgehead atoms. The summed E-state index contributed by atoms with van der Waals surface area (Å²) >= 11 is 0. The van der Waals surface area contributed by atoms with Crippen LogP contribution in [-0.2, 0) is 16.0 Å². The van der Waals surface area contributed by atoms with Gasteiger partial charge in [0.15, 0.2) is 0 Å². The summed E-state index contributed by atoms with van der Waals surface area (Å²) in [5.74, 6) is -0.315. The van der Waals surface area contributed by atoms with Crippen molar-refractivity contribution in [2.75, 3.05) is 26.2 Å². The van der Waals surface area contributed by atoms with E-state index in [-0.39, 0.29) is 37.2 Å². The van der Waals surface area contributed by atoms with Gasteiger partial charge in [-0.05, 0) is 29.3 Å². The van der Waals surface area contributed by atoms with E-state index in [9.17, 15) is 9.59 Å². The molecule has 0 radical (unpaired) electrons. The maximum atomic E-state index is 12.1. The Hall–Kier alpha value is -2.11. The number of halogens is 1. The van der Waals surface area contributed by atoms with Crippen LogP contribution in [0.2, 0.25) is 0 Å². The Bertz CT molecular complexity index is 686. The average Bonchev–Trinajstić information content (AvgIpc) is 2.60. The highest BCUT2D eigenvalue weighted by molar-refractivity contribution is 5.91. The van der Waals surface area contributed by atoms with Gasteiger partial charge in [0.2, 0.25) is 11.8 Å². The Labute approximate surface area is 155 Å². The van der Waals surface area contributed by atoms with E-state index < -0.39 is 0 Å². The molecule has 0 spiro atoms. The maximum Gasteiger partial charge on any atom is 0.239 e. The van der Waals surface area contributed by atoms with Crippen LogP contribution in [0, 0.1) is 0 Å². The molecule has 0 atom stereocenters. The minimum absolute atomic E-state index is 0. The summed E-state index contributed by atoms with van der Waals surface area (Å²) in [5, 5.41) is 10.8. The molecule has 6 heteroatoms. The zero-order valence-electron chi connectivity index (χ0n) is 14.5. The molecular formula is C19H26ClN3O2. The highest BCUT2D eigenvalue weighted by Gasteiger charge is 2.08. The van der Waals surface area contributed by atoms with E-state index in [1.807, 2.05) is 42.5 Å². The third-order valence-electron chi connectivity index (χ3n) is 3.73. The first-order valence-corrected chi connectivity index (χ1v) is 8.41. The van der Waals surface area contributed by atoms with Gasteiger partial charge >= 0.3 is 0 Å². The van der Waals surface area contributed by atoms with E-state index in [4.69, 9.17) is 0 Å². The summed E-state index contributed by atoms with van der Waals surface area (Å²) in [6.45, 7) is 4.35. The number of benzene rings is 2. The lowest BCUT2D eigenvalue weighted by atomic mass is 10.0. The van der Waals surface area contributed by atoms with E-state index in [0.717, 1.165) is 35.8 Å². The van der Waals surface area contributed by atoms with Gasteiger partial charge in [0, 0.05) is 13.1 Å². The number of hydrogen-bond acceptors (Lipinski definition) is 3. The Morgan fingerprint density at radius 1 is 0.880 bits per heavy atom. The molecule has 5 nitrogen and oxygen atoms in total. The van der Waals surface area contributed by atoms with Crippen LogP contribution >= 0.6 is 12.4 Å². The predicted octanol–water partition coefficient (Wildman–Crippen LogP) is 2.04. The first-order valence-electron chi connectivity index (χ1n) is 8.41. The lowest BCUT2D eigenvalue weighted by Crippen LogP contribution is -2.40. The average molecular weight is 364 g/mol. The molecule has 0 aliphatic rings. The standard InChI is InChI=1S/C19H25N3O2.ClH/c1-2-10-20-11-12-21-19(24)14-22-18(23)13-16-8-5-7-15-6-3-4-9-17(15)16;/h3-9,20H,2,10-14H2,1H3,(H,21,24)(H,22,23);1H. The van der Waals surface area contributed by atoms with Crippen LogP contribution < -0.4 is 16.0 Å². The molecule has 0 aromatic heterocycles. The van der Waals surface area contributed by atoms with E-state index >= 15 is 0 Å². The molecule has 0 saturated heterocycles. The van der Waals surface area contributed by atoms with Crippen molar-refractivity contribution in [1.82, 2.24) is 16.0 Å². The monoisotopic (exact) mass is 363 g/mol. The van der Waals surface area contributed by atoms with Crippen LogP contribution in [0.25, 0.3) is 10.8 Å². The molecule has 2 amide bonds. The predicted molar refractivity (Wildman–Crippen MR) is 104 cm³/mol. The number of carbonyl (C=O) groups is 2. The molecule has 0 heterocycles. The van der Waals surface area contributed by atoms with Crippen LogP contribution in [0.1, 0.15) is 18.9 Å². The highest BCUT2D eigenvalue weighted by atomic mass is 35.5. The summed E-state index contributed by atoms with van der Waals surface area (Å²) in [6.07, 6.45) is 1.34. The lowest BCUT2D eigenvalue weighted by molar-refractivity contribution is -0.125. The first-order chi connectivity index (χ1) is 11.7. The normalized spacial score (nSPS) is 10.1. The fourth-order valence-corrected chi connectivity index (χ4v) is 2.52. The SMILES string of the molecule is CCCNCCNC(=O)CNC(=O)Cc1cccc2ccccc12.Cl. The van der Waals surface area contributed by atoms with Crippen molar-refractivity contribution in [3.8, 4) is 0 Å². The molecule has 2 aromatic carbocycles. The summed E-state index contributed by atoms with van der Waals surface area (Å²) in [7, 11) is 0. The van der Waals surface area contributed by atoms with Gasteiger partial charge in [0.25, 0.3) is 0 Å². The van der Waals surface area contributed by atoms with Gasteiger partial charge in [-0.1, -0.05) is 49.4 Å². The largest absolute Gasteiger partial charge is 0.353 e. The minimum atomic E-state index is -0.167. The van der Waals surface area contributed by atoms with Crippen LogP contribution in [0.5, 0.6) is 0 Å². The maximum absolute atomic E-state index is 12.1. The molecule has 2 rings (SSSR count). The number of carbonyl (C=O) groups excluding carboxylic acids is 2. The smallest absolute Gasteiger partial charge is 0.239 e. The van der Waals surface area contributed by atoms with Crippen molar-refractivity contribution in [2.24, 2.45) is 0 Å². The minimum Gasteiger partial charge on any atom is -0.353 e. The van der Waals surface area contributed by atoms with Gasteiger partial charge in [-0.15, -0.1) is 12.4 Å². The number of hydrogen-bond donors (Lipinski definition) is 3. The molecule has 3 N–H and O–H groups in total. The second-order valence-electron chi connectivity index (χ2n) is 5.69. The Morgan fingerprint density at radius 3 is 2.44 bits per heavy atom. The molecule has 25 heavy (non-hydrogen) atoms. The highest BCUT2D eigenvalue weighted by Crippen LogP contribution is 2.18. The van der Waals surface area contributed by atoms with Gasteiger partial charge in [-0.3, -0.25) is 9.59 Å². The quantitative estimate of drug-likeness (QED) is 0.597. The van der Waals surface area contributed by atoms with Crippen LogP contribution in [-0.4, -0.2) is 38.0 Å². The second kappa shape index (κ2) is 11.4. The lowest BCUT2D eigenvalue weighted by Gasteiger charge is -2.09. The Morgan fingerprint density at radius 2 is 1.64 bits per heavy atom. The third-order valence-corrected chi connectivity index (χ3v) is 3.73. The van der Waals surface area contributed by atoms with Crippen molar-refractivity contribution in [2.45, 2.75) is 19.8 Å². The number of fused-ring (bicyclic) bond motifs is 1. The zero-order chi connectivity index (χ0) is 17.2. The Balaban J connectivity index is 0.00000312. The van der Waals surface area contributed by atoms with Crippen LogP contribution in [0.4, 0.5) is 0 Å². The molecule has 2 aromatic rings. The van der Waals surface area contributed by atoms with E-state index in [2.05, 4.69) is 22.9 Å². The molecule has 0 fully saturated rings. The van der Waals surface area contributed by atoms with E-state index in [1.54, 1.807) is 0 Å². The topological polar surface area (TPSA) is 70.2 Å². The fraction of sp³-hybridized carbons (Fsp3) is 0.368. The van der Waals surface area contributed by atoms with Gasteiger partial charge in [0.05, 0.1) is 13.0 Å². The number of amides is 2. The number of nitrogens with one attached hydrogen (secondary N) is 3. The van der Waals surface area contributed by atoms with Crippen LogP contribution in [0.15, 0.2) is 42.5 Å². The molecular weight excluding hydrogens is 338 g/mol. The van der Waals surface area contributed by atoms with E-state index in [1.165, 1.54) is 0 Å². The molecule has 136 valence electrons. The summed E-state index contributed by atoms with van der Waals surface area (Å²) in [6, 6.07) is 13.9. The van der Waals surface area contributed by atoms with Crippen molar-refractivity contribution < 1.29 is 9.59 Å². The summed E-state index contributed by atoms with van der Waals surface area (Å²) in [5.41, 5.74) is 0.967. The van der Waals surface area contributed by atoms with Gasteiger partial charge < -0.3 is 16.0 Å².